The minimum atomic E-state index is 0.796. The lowest BCUT2D eigenvalue weighted by atomic mass is 10.3. The summed E-state index contributed by atoms with van der Waals surface area (Å²) in [7, 11) is 3.31. The fraction of sp³-hybridized carbons (Fsp3) is 0.105. The van der Waals surface area contributed by atoms with Crippen LogP contribution in [0.2, 0.25) is 0 Å². The average molecular weight is 306 g/mol. The lowest BCUT2D eigenvalue weighted by molar-refractivity contribution is 0.414. The zero-order valence-electron chi connectivity index (χ0n) is 13.1. The molecular weight excluding hydrogens is 288 g/mol. The van der Waals surface area contributed by atoms with E-state index in [2.05, 4.69) is 9.56 Å². The number of rotatable bonds is 5. The van der Waals surface area contributed by atoms with Gasteiger partial charge in [-0.1, -0.05) is 6.07 Å². The summed E-state index contributed by atoms with van der Waals surface area (Å²) < 4.78 is 12.5. The Morgan fingerprint density at radius 1 is 0.870 bits per heavy atom. The number of hydrogen-bond donors (Lipinski definition) is 0. The molecule has 4 heteroatoms. The first-order valence-corrected chi connectivity index (χ1v) is 7.30. The smallest absolute Gasteiger partial charge is 0.121 e. The van der Waals surface area contributed by atoms with Crippen molar-refractivity contribution in [2.75, 3.05) is 14.2 Å². The number of methoxy groups -OCH3 is 2. The second-order valence-electron chi connectivity index (χ2n) is 4.96. The van der Waals surface area contributed by atoms with Crippen LogP contribution in [0.4, 0.5) is 5.69 Å². The average Bonchev–Trinajstić information content (AvgIpc) is 3.09. The quantitative estimate of drug-likeness (QED) is 0.661. The van der Waals surface area contributed by atoms with Gasteiger partial charge >= 0.3 is 0 Å². The summed E-state index contributed by atoms with van der Waals surface area (Å²) in [5.74, 6) is 1.64. The molecule has 0 amide bonds. The number of ether oxygens (including phenoxy) is 2. The van der Waals surface area contributed by atoms with E-state index in [-0.39, 0.29) is 0 Å². The third kappa shape index (κ3) is 3.43. The van der Waals surface area contributed by atoms with Crippen LogP contribution in [0.3, 0.4) is 0 Å². The summed E-state index contributed by atoms with van der Waals surface area (Å²) in [5, 5.41) is 0. The topological polar surface area (TPSA) is 35.8 Å². The Balaban J connectivity index is 1.86. The van der Waals surface area contributed by atoms with Crippen molar-refractivity contribution in [3.8, 4) is 17.2 Å². The maximum atomic E-state index is 5.22. The Bertz CT molecular complexity index is 804. The fourth-order valence-corrected chi connectivity index (χ4v) is 2.31. The first kappa shape index (κ1) is 14.9. The maximum Gasteiger partial charge on any atom is 0.121 e. The number of benzene rings is 2. The van der Waals surface area contributed by atoms with Gasteiger partial charge in [0.25, 0.3) is 0 Å². The Labute approximate surface area is 135 Å². The Morgan fingerprint density at radius 3 is 2.39 bits per heavy atom. The van der Waals surface area contributed by atoms with Crippen molar-refractivity contribution in [1.29, 1.82) is 0 Å². The molecule has 0 unspecified atom stereocenters. The van der Waals surface area contributed by atoms with Gasteiger partial charge in [0, 0.05) is 18.0 Å². The highest BCUT2D eigenvalue weighted by atomic mass is 16.5. The lowest BCUT2D eigenvalue weighted by Crippen LogP contribution is -1.97. The molecule has 3 rings (SSSR count). The summed E-state index contributed by atoms with van der Waals surface area (Å²) in [4.78, 5) is 4.53. The van der Waals surface area contributed by atoms with Crippen LogP contribution in [0.5, 0.6) is 11.5 Å². The van der Waals surface area contributed by atoms with E-state index in [1.165, 1.54) is 0 Å². The number of nitrogens with zero attached hydrogens (tertiary/aromatic N) is 2. The minimum absolute atomic E-state index is 0.796. The van der Waals surface area contributed by atoms with Crippen LogP contribution in [0, 0.1) is 0 Å². The molecule has 0 N–H and O–H groups in total. The molecule has 23 heavy (non-hydrogen) atoms. The van der Waals surface area contributed by atoms with Crippen molar-refractivity contribution in [3.63, 3.8) is 0 Å². The van der Waals surface area contributed by atoms with Gasteiger partial charge in [-0.25, -0.2) is 0 Å². The molecule has 0 fully saturated rings. The zero-order chi connectivity index (χ0) is 16.1. The van der Waals surface area contributed by atoms with E-state index in [1.807, 2.05) is 73.1 Å². The Hall–Kier alpha value is -3.01. The first-order valence-electron chi connectivity index (χ1n) is 7.30. The fourth-order valence-electron chi connectivity index (χ4n) is 2.31. The number of hydrogen-bond acceptors (Lipinski definition) is 3. The van der Waals surface area contributed by atoms with Crippen LogP contribution in [0.25, 0.3) is 5.69 Å². The van der Waals surface area contributed by atoms with Gasteiger partial charge in [0.1, 0.15) is 11.5 Å². The van der Waals surface area contributed by atoms with Crippen molar-refractivity contribution < 1.29 is 9.47 Å². The van der Waals surface area contributed by atoms with Crippen LogP contribution in [0.15, 0.2) is 71.9 Å². The third-order valence-electron chi connectivity index (χ3n) is 3.53. The van der Waals surface area contributed by atoms with Gasteiger partial charge in [-0.15, -0.1) is 0 Å². The molecule has 0 aliphatic rings. The molecule has 0 spiro atoms. The molecule has 0 aliphatic heterocycles. The second-order valence-corrected chi connectivity index (χ2v) is 4.96. The van der Waals surface area contributed by atoms with Crippen LogP contribution in [0.1, 0.15) is 5.69 Å². The molecule has 116 valence electrons. The standard InChI is InChI=1S/C19H18N2O2/c1-22-18-10-8-16(9-11-18)21-12-4-6-17(21)14-20-15-5-3-7-19(13-15)23-2/h3-14H,1-2H3. The monoisotopic (exact) mass is 306 g/mol. The normalized spacial score (nSPS) is 10.9. The van der Waals surface area contributed by atoms with E-state index < -0.39 is 0 Å². The van der Waals surface area contributed by atoms with Gasteiger partial charge in [-0.2, -0.15) is 0 Å². The van der Waals surface area contributed by atoms with Gasteiger partial charge in [0.05, 0.1) is 31.8 Å². The summed E-state index contributed by atoms with van der Waals surface area (Å²) in [6.45, 7) is 0. The minimum Gasteiger partial charge on any atom is -0.497 e. The molecule has 0 atom stereocenters. The van der Waals surface area contributed by atoms with E-state index in [1.54, 1.807) is 14.2 Å². The largest absolute Gasteiger partial charge is 0.497 e. The molecule has 2 aromatic carbocycles. The molecule has 0 saturated heterocycles. The van der Waals surface area contributed by atoms with Gasteiger partial charge in [0.15, 0.2) is 0 Å². The zero-order valence-corrected chi connectivity index (χ0v) is 13.1. The van der Waals surface area contributed by atoms with Crippen molar-refractivity contribution in [2.45, 2.75) is 0 Å². The summed E-state index contributed by atoms with van der Waals surface area (Å²) in [5.41, 5.74) is 2.91. The van der Waals surface area contributed by atoms with Crippen LogP contribution < -0.4 is 9.47 Å². The molecule has 0 aliphatic carbocycles. The van der Waals surface area contributed by atoms with E-state index in [9.17, 15) is 0 Å². The second kappa shape index (κ2) is 6.83. The highest BCUT2D eigenvalue weighted by molar-refractivity contribution is 5.81. The lowest BCUT2D eigenvalue weighted by Gasteiger charge is -2.07. The van der Waals surface area contributed by atoms with Crippen LogP contribution in [-0.2, 0) is 0 Å². The Morgan fingerprint density at radius 2 is 1.65 bits per heavy atom. The van der Waals surface area contributed by atoms with Gasteiger partial charge in [-0.05, 0) is 48.5 Å². The first-order chi connectivity index (χ1) is 11.3. The number of aromatic nitrogens is 1. The van der Waals surface area contributed by atoms with E-state index >= 15 is 0 Å². The van der Waals surface area contributed by atoms with E-state index in [0.717, 1.165) is 28.6 Å². The molecule has 0 bridgehead atoms. The molecule has 3 aromatic rings. The highest BCUT2D eigenvalue weighted by Crippen LogP contribution is 2.20. The highest BCUT2D eigenvalue weighted by Gasteiger charge is 2.02. The molecule has 4 nitrogen and oxygen atoms in total. The van der Waals surface area contributed by atoms with E-state index in [0.29, 0.717) is 0 Å². The summed E-state index contributed by atoms with van der Waals surface area (Å²) in [6, 6.07) is 19.6. The van der Waals surface area contributed by atoms with Gasteiger partial charge < -0.3 is 14.0 Å². The molecular formula is C19H18N2O2. The van der Waals surface area contributed by atoms with Crippen molar-refractivity contribution in [2.24, 2.45) is 4.99 Å². The molecule has 1 aromatic heterocycles. The molecule has 0 radical (unpaired) electrons. The van der Waals surface area contributed by atoms with Crippen molar-refractivity contribution in [3.05, 3.63) is 72.6 Å². The predicted octanol–water partition coefficient (Wildman–Crippen LogP) is 4.25. The summed E-state index contributed by atoms with van der Waals surface area (Å²) in [6.07, 6.45) is 3.85. The number of aliphatic imine (C=N–C) groups is 1. The van der Waals surface area contributed by atoms with Gasteiger partial charge in [-0.3, -0.25) is 4.99 Å². The van der Waals surface area contributed by atoms with Crippen molar-refractivity contribution in [1.82, 2.24) is 4.57 Å². The molecule has 1 heterocycles. The SMILES string of the molecule is COc1ccc(-n2cccc2C=Nc2cccc(OC)c2)cc1. The third-order valence-corrected chi connectivity index (χ3v) is 3.53. The molecule has 0 saturated carbocycles. The van der Waals surface area contributed by atoms with E-state index in [4.69, 9.17) is 9.47 Å². The Kier molecular flexibility index (Phi) is 4.43. The van der Waals surface area contributed by atoms with Crippen LogP contribution in [-0.4, -0.2) is 25.0 Å². The predicted molar refractivity (Wildman–Crippen MR) is 92.6 cm³/mol. The maximum absolute atomic E-state index is 5.22. The van der Waals surface area contributed by atoms with Gasteiger partial charge in [0.2, 0.25) is 0 Å². The van der Waals surface area contributed by atoms with Crippen LogP contribution >= 0.6 is 0 Å². The van der Waals surface area contributed by atoms with Crippen molar-refractivity contribution >= 4 is 11.9 Å². The summed E-state index contributed by atoms with van der Waals surface area (Å²) >= 11 is 0.